The zero-order valence-electron chi connectivity index (χ0n) is 6.50. The van der Waals surface area contributed by atoms with Crippen LogP contribution >= 0.6 is 33.9 Å². The van der Waals surface area contributed by atoms with Crippen LogP contribution in [0.25, 0.3) is 0 Å². The Morgan fingerprint density at radius 2 is 1.79 bits per heavy atom. The Labute approximate surface area is 95.0 Å². The van der Waals surface area contributed by atoms with Crippen LogP contribution < -0.4 is 0 Å². The van der Waals surface area contributed by atoms with Gasteiger partial charge in [-0.1, -0.05) is 23.2 Å². The van der Waals surface area contributed by atoms with E-state index in [4.69, 9.17) is 33.9 Å². The fourth-order valence-corrected chi connectivity index (χ4v) is 3.05. The molecule has 0 atom stereocenters. The van der Waals surface area contributed by atoms with Crippen LogP contribution in [0.4, 0.5) is 0 Å². The van der Waals surface area contributed by atoms with E-state index in [1.807, 2.05) is 0 Å². The first-order chi connectivity index (χ1) is 6.36. The molecule has 7 heteroatoms. The second-order valence-electron chi connectivity index (χ2n) is 2.36. The van der Waals surface area contributed by atoms with Crippen molar-refractivity contribution >= 4 is 49.2 Å². The average molecular weight is 274 g/mol. The molecule has 0 heterocycles. The molecule has 0 N–H and O–H groups in total. The summed E-state index contributed by atoms with van der Waals surface area (Å²) in [6.45, 7) is 0. The van der Waals surface area contributed by atoms with Crippen LogP contribution in [0.15, 0.2) is 17.0 Å². The molecule has 0 bridgehead atoms. The first-order valence-electron chi connectivity index (χ1n) is 3.25. The standard InChI is InChI=1S/C7H3Cl3O3S/c8-5-1-4(3-11)7(6(9)2-5)14(10,12)13/h1-3H. The van der Waals surface area contributed by atoms with E-state index in [1.165, 1.54) is 12.1 Å². The number of carbonyl (C=O) groups is 1. The molecule has 1 aromatic carbocycles. The largest absolute Gasteiger partial charge is 0.298 e. The SMILES string of the molecule is O=Cc1cc(Cl)cc(Cl)c1S(=O)(=O)Cl. The lowest BCUT2D eigenvalue weighted by atomic mass is 10.2. The first kappa shape index (κ1) is 11.8. The van der Waals surface area contributed by atoms with Gasteiger partial charge in [-0.25, -0.2) is 8.42 Å². The van der Waals surface area contributed by atoms with Crippen LogP contribution in [-0.4, -0.2) is 14.7 Å². The fourth-order valence-electron chi connectivity index (χ4n) is 0.925. The highest BCUT2D eigenvalue weighted by Crippen LogP contribution is 2.30. The Morgan fingerprint density at radius 1 is 1.21 bits per heavy atom. The predicted molar refractivity (Wildman–Crippen MR) is 54.9 cm³/mol. The van der Waals surface area contributed by atoms with Gasteiger partial charge < -0.3 is 0 Å². The summed E-state index contributed by atoms with van der Waals surface area (Å²) < 4.78 is 22.0. The molecule has 0 aliphatic rings. The van der Waals surface area contributed by atoms with Crippen LogP contribution in [0.5, 0.6) is 0 Å². The maximum absolute atomic E-state index is 11.0. The van der Waals surface area contributed by atoms with Crippen molar-refractivity contribution in [3.8, 4) is 0 Å². The number of benzene rings is 1. The molecule has 0 aliphatic heterocycles. The van der Waals surface area contributed by atoms with Gasteiger partial charge in [-0.15, -0.1) is 0 Å². The molecule has 0 aromatic heterocycles. The molecule has 76 valence electrons. The topological polar surface area (TPSA) is 51.2 Å². The Balaban J connectivity index is 3.65. The van der Waals surface area contributed by atoms with Gasteiger partial charge in [0, 0.05) is 21.3 Å². The van der Waals surface area contributed by atoms with E-state index in [9.17, 15) is 13.2 Å². The quantitative estimate of drug-likeness (QED) is 0.615. The fraction of sp³-hybridized carbons (Fsp3) is 0. The van der Waals surface area contributed by atoms with Crippen LogP contribution in [0.3, 0.4) is 0 Å². The van der Waals surface area contributed by atoms with E-state index in [2.05, 4.69) is 0 Å². The minimum Gasteiger partial charge on any atom is -0.298 e. The van der Waals surface area contributed by atoms with Crippen molar-refractivity contribution in [1.29, 1.82) is 0 Å². The summed E-state index contributed by atoms with van der Waals surface area (Å²) in [5.41, 5.74) is -0.155. The third-order valence-electron chi connectivity index (χ3n) is 1.41. The van der Waals surface area contributed by atoms with Gasteiger partial charge in [0.15, 0.2) is 6.29 Å². The summed E-state index contributed by atoms with van der Waals surface area (Å²) in [6.07, 6.45) is 0.326. The van der Waals surface area contributed by atoms with Crippen LogP contribution in [-0.2, 0) is 9.05 Å². The highest BCUT2D eigenvalue weighted by Gasteiger charge is 2.20. The summed E-state index contributed by atoms with van der Waals surface area (Å²) in [5.74, 6) is 0. The lowest BCUT2D eigenvalue weighted by molar-refractivity contribution is 0.112. The number of rotatable bonds is 2. The van der Waals surface area contributed by atoms with Crippen LogP contribution in [0.2, 0.25) is 10.0 Å². The Bertz CT molecular complexity index is 481. The minimum atomic E-state index is -4.04. The van der Waals surface area contributed by atoms with Crippen molar-refractivity contribution in [1.82, 2.24) is 0 Å². The van der Waals surface area contributed by atoms with E-state index in [-0.39, 0.29) is 15.6 Å². The first-order valence-corrected chi connectivity index (χ1v) is 6.31. The van der Waals surface area contributed by atoms with Crippen molar-refractivity contribution in [2.24, 2.45) is 0 Å². The van der Waals surface area contributed by atoms with Gasteiger partial charge in [0.1, 0.15) is 4.90 Å². The maximum atomic E-state index is 11.0. The average Bonchev–Trinajstić information content (AvgIpc) is 1.99. The van der Waals surface area contributed by atoms with E-state index in [0.29, 0.717) is 6.29 Å². The molecule has 0 saturated carbocycles. The van der Waals surface area contributed by atoms with Gasteiger partial charge >= 0.3 is 0 Å². The Morgan fingerprint density at radius 3 is 2.21 bits per heavy atom. The molecule has 0 radical (unpaired) electrons. The minimum absolute atomic E-state index is 0.155. The molecule has 0 saturated heterocycles. The molecular formula is C7H3Cl3O3S. The third-order valence-corrected chi connectivity index (χ3v) is 3.44. The van der Waals surface area contributed by atoms with E-state index in [0.717, 1.165) is 0 Å². The normalized spacial score (nSPS) is 11.4. The summed E-state index contributed by atoms with van der Waals surface area (Å²) in [6, 6.07) is 2.38. The second kappa shape index (κ2) is 4.06. The maximum Gasteiger partial charge on any atom is 0.263 e. The zero-order chi connectivity index (χ0) is 10.9. The number of carbonyl (C=O) groups excluding carboxylic acids is 1. The molecule has 1 rings (SSSR count). The third kappa shape index (κ3) is 2.39. The Kier molecular flexibility index (Phi) is 3.42. The monoisotopic (exact) mass is 272 g/mol. The van der Waals surface area contributed by atoms with E-state index < -0.39 is 13.9 Å². The number of hydrogen-bond acceptors (Lipinski definition) is 3. The smallest absolute Gasteiger partial charge is 0.263 e. The van der Waals surface area contributed by atoms with Crippen molar-refractivity contribution in [3.05, 3.63) is 27.7 Å². The number of halogens is 3. The predicted octanol–water partition coefficient (Wildman–Crippen LogP) is 2.73. The molecule has 0 amide bonds. The number of aldehydes is 1. The highest BCUT2D eigenvalue weighted by atomic mass is 35.7. The lowest BCUT2D eigenvalue weighted by Gasteiger charge is -2.03. The summed E-state index contributed by atoms with van der Waals surface area (Å²) in [4.78, 5) is 10.1. The van der Waals surface area contributed by atoms with Crippen LogP contribution in [0, 0.1) is 0 Å². The summed E-state index contributed by atoms with van der Waals surface area (Å²) in [7, 11) is 1.04. The second-order valence-corrected chi connectivity index (χ2v) is 5.71. The van der Waals surface area contributed by atoms with Crippen molar-refractivity contribution in [2.45, 2.75) is 4.90 Å². The molecule has 0 unspecified atom stereocenters. The van der Waals surface area contributed by atoms with Crippen molar-refractivity contribution in [3.63, 3.8) is 0 Å². The molecule has 0 spiro atoms. The van der Waals surface area contributed by atoms with E-state index in [1.54, 1.807) is 0 Å². The Hall–Kier alpha value is -0.290. The molecule has 1 aromatic rings. The molecule has 3 nitrogen and oxygen atoms in total. The van der Waals surface area contributed by atoms with Gasteiger partial charge in [0.05, 0.1) is 5.02 Å². The zero-order valence-corrected chi connectivity index (χ0v) is 9.58. The van der Waals surface area contributed by atoms with E-state index >= 15 is 0 Å². The van der Waals surface area contributed by atoms with Gasteiger partial charge in [-0.3, -0.25) is 4.79 Å². The number of hydrogen-bond donors (Lipinski definition) is 0. The van der Waals surface area contributed by atoms with Crippen molar-refractivity contribution < 1.29 is 13.2 Å². The lowest BCUT2D eigenvalue weighted by Crippen LogP contribution is -1.98. The molecule has 14 heavy (non-hydrogen) atoms. The highest BCUT2D eigenvalue weighted by molar-refractivity contribution is 8.13. The summed E-state index contributed by atoms with van der Waals surface area (Å²) >= 11 is 11.2. The summed E-state index contributed by atoms with van der Waals surface area (Å²) in [5, 5.41) is -0.00392. The van der Waals surface area contributed by atoms with Gasteiger partial charge in [0.2, 0.25) is 0 Å². The van der Waals surface area contributed by atoms with Gasteiger partial charge in [-0.2, -0.15) is 0 Å². The van der Waals surface area contributed by atoms with Crippen LogP contribution in [0.1, 0.15) is 10.4 Å². The molecule has 0 aliphatic carbocycles. The van der Waals surface area contributed by atoms with Crippen molar-refractivity contribution in [2.75, 3.05) is 0 Å². The van der Waals surface area contributed by atoms with Gasteiger partial charge in [0.25, 0.3) is 9.05 Å². The van der Waals surface area contributed by atoms with Gasteiger partial charge in [-0.05, 0) is 12.1 Å². The molecule has 0 fully saturated rings. The molecular weight excluding hydrogens is 270 g/mol.